The Morgan fingerprint density at radius 1 is 1.00 bits per heavy atom. The van der Waals surface area contributed by atoms with E-state index in [0.29, 0.717) is 0 Å². The van der Waals surface area contributed by atoms with Gasteiger partial charge >= 0.3 is 0 Å². The maximum Gasteiger partial charge on any atom is 0.0314 e. The van der Waals surface area contributed by atoms with Crippen LogP contribution in [0.25, 0.3) is 16.7 Å². The van der Waals surface area contributed by atoms with Crippen LogP contribution in [0.5, 0.6) is 0 Å². The molecule has 1 nitrogen and oxygen atoms in total. The number of hydrogen-bond donors (Lipinski definition) is 1. The molecule has 0 amide bonds. The molecule has 0 atom stereocenters. The Bertz CT molecular complexity index is 509. The molecule has 0 radical (unpaired) electrons. The lowest BCUT2D eigenvalue weighted by Crippen LogP contribution is -1.85. The lowest BCUT2D eigenvalue weighted by molar-refractivity contribution is 1.55. The van der Waals surface area contributed by atoms with Crippen LogP contribution in [0.1, 0.15) is 12.5 Å². The SMILES string of the molecule is C=C(C)c1cccc(-c2ccc(N)cc2)c1. The lowest BCUT2D eigenvalue weighted by atomic mass is 10.0. The van der Waals surface area contributed by atoms with Crippen molar-refractivity contribution in [2.75, 3.05) is 5.73 Å². The third-order valence-electron chi connectivity index (χ3n) is 2.60. The summed E-state index contributed by atoms with van der Waals surface area (Å²) < 4.78 is 0. The minimum atomic E-state index is 0.791. The van der Waals surface area contributed by atoms with E-state index in [1.807, 2.05) is 31.2 Å². The maximum atomic E-state index is 5.67. The van der Waals surface area contributed by atoms with Crippen molar-refractivity contribution in [2.24, 2.45) is 0 Å². The van der Waals surface area contributed by atoms with Crippen molar-refractivity contribution in [1.29, 1.82) is 0 Å². The fourth-order valence-electron chi connectivity index (χ4n) is 1.64. The van der Waals surface area contributed by atoms with Gasteiger partial charge in [-0.15, -0.1) is 0 Å². The van der Waals surface area contributed by atoms with E-state index in [-0.39, 0.29) is 0 Å². The predicted molar refractivity (Wildman–Crippen MR) is 71.0 cm³/mol. The first-order valence-corrected chi connectivity index (χ1v) is 5.28. The van der Waals surface area contributed by atoms with E-state index < -0.39 is 0 Å². The van der Waals surface area contributed by atoms with Gasteiger partial charge in [-0.05, 0) is 41.8 Å². The summed E-state index contributed by atoms with van der Waals surface area (Å²) in [7, 11) is 0. The molecule has 1 heteroatoms. The third kappa shape index (κ3) is 2.14. The van der Waals surface area contributed by atoms with Crippen LogP contribution in [-0.2, 0) is 0 Å². The molecule has 0 bridgehead atoms. The monoisotopic (exact) mass is 209 g/mol. The molecule has 2 aromatic carbocycles. The summed E-state index contributed by atoms with van der Waals surface area (Å²) in [5.74, 6) is 0. The van der Waals surface area contributed by atoms with Crippen LogP contribution in [0.15, 0.2) is 55.1 Å². The zero-order chi connectivity index (χ0) is 11.5. The number of allylic oxidation sites excluding steroid dienone is 1. The predicted octanol–water partition coefficient (Wildman–Crippen LogP) is 3.97. The van der Waals surface area contributed by atoms with Crippen LogP contribution < -0.4 is 5.73 Å². The van der Waals surface area contributed by atoms with E-state index in [4.69, 9.17) is 5.73 Å². The summed E-state index contributed by atoms with van der Waals surface area (Å²) in [6, 6.07) is 16.3. The molecule has 16 heavy (non-hydrogen) atoms. The molecule has 0 unspecified atom stereocenters. The fraction of sp³-hybridized carbons (Fsp3) is 0.0667. The highest BCUT2D eigenvalue weighted by Crippen LogP contribution is 2.23. The first-order chi connectivity index (χ1) is 7.66. The maximum absolute atomic E-state index is 5.67. The van der Waals surface area contributed by atoms with Crippen molar-refractivity contribution in [3.8, 4) is 11.1 Å². The molecule has 0 aliphatic heterocycles. The number of rotatable bonds is 2. The highest BCUT2D eigenvalue weighted by atomic mass is 14.5. The molecule has 80 valence electrons. The van der Waals surface area contributed by atoms with Crippen LogP contribution >= 0.6 is 0 Å². The number of nitrogen functional groups attached to an aromatic ring is 1. The Kier molecular flexibility index (Phi) is 2.78. The summed E-state index contributed by atoms with van der Waals surface area (Å²) in [4.78, 5) is 0. The van der Waals surface area contributed by atoms with Crippen molar-refractivity contribution in [1.82, 2.24) is 0 Å². The van der Waals surface area contributed by atoms with E-state index in [9.17, 15) is 0 Å². The van der Waals surface area contributed by atoms with Gasteiger partial charge in [0.25, 0.3) is 0 Å². The molecule has 0 heterocycles. The average molecular weight is 209 g/mol. The first-order valence-electron chi connectivity index (χ1n) is 5.28. The fourth-order valence-corrected chi connectivity index (χ4v) is 1.64. The van der Waals surface area contributed by atoms with Gasteiger partial charge in [-0.1, -0.05) is 42.5 Å². The summed E-state index contributed by atoms with van der Waals surface area (Å²) >= 11 is 0. The Hall–Kier alpha value is -2.02. The largest absolute Gasteiger partial charge is 0.399 e. The van der Waals surface area contributed by atoms with Gasteiger partial charge in [-0.25, -0.2) is 0 Å². The van der Waals surface area contributed by atoms with Crippen molar-refractivity contribution in [2.45, 2.75) is 6.92 Å². The minimum Gasteiger partial charge on any atom is -0.399 e. The van der Waals surface area contributed by atoms with Crippen LogP contribution in [0.4, 0.5) is 5.69 Å². The molecule has 0 saturated carbocycles. The van der Waals surface area contributed by atoms with E-state index in [0.717, 1.165) is 11.3 Å². The Labute approximate surface area is 96.2 Å². The van der Waals surface area contributed by atoms with Gasteiger partial charge in [-0.3, -0.25) is 0 Å². The van der Waals surface area contributed by atoms with Gasteiger partial charge in [0.1, 0.15) is 0 Å². The number of anilines is 1. The highest BCUT2D eigenvalue weighted by molar-refractivity contribution is 5.71. The van der Waals surface area contributed by atoms with Crippen LogP contribution in [0.2, 0.25) is 0 Å². The van der Waals surface area contributed by atoms with Gasteiger partial charge in [0.2, 0.25) is 0 Å². The third-order valence-corrected chi connectivity index (χ3v) is 2.60. The van der Waals surface area contributed by atoms with Crippen LogP contribution in [-0.4, -0.2) is 0 Å². The molecule has 0 spiro atoms. The van der Waals surface area contributed by atoms with Crippen LogP contribution in [0, 0.1) is 0 Å². The normalized spacial score (nSPS) is 10.1. The summed E-state index contributed by atoms with van der Waals surface area (Å²) in [5.41, 5.74) is 11.1. The van der Waals surface area contributed by atoms with Crippen molar-refractivity contribution >= 4 is 11.3 Å². The number of benzene rings is 2. The van der Waals surface area contributed by atoms with E-state index in [2.05, 4.69) is 30.8 Å². The molecular weight excluding hydrogens is 194 g/mol. The lowest BCUT2D eigenvalue weighted by Gasteiger charge is -2.05. The molecule has 0 aliphatic rings. The van der Waals surface area contributed by atoms with Crippen molar-refractivity contribution < 1.29 is 0 Å². The number of nitrogens with two attached hydrogens (primary N) is 1. The topological polar surface area (TPSA) is 26.0 Å². The second-order valence-electron chi connectivity index (χ2n) is 3.98. The van der Waals surface area contributed by atoms with Crippen molar-refractivity contribution in [3.05, 3.63) is 60.7 Å². The molecule has 0 saturated heterocycles. The zero-order valence-electron chi connectivity index (χ0n) is 9.40. The molecule has 0 aliphatic carbocycles. The first kappa shape index (κ1) is 10.5. The summed E-state index contributed by atoms with van der Waals surface area (Å²) in [5, 5.41) is 0. The molecule has 0 aromatic heterocycles. The standard InChI is InChI=1S/C15H15N/c1-11(2)13-4-3-5-14(10-13)12-6-8-15(16)9-7-12/h3-10H,1,16H2,2H3. The number of hydrogen-bond acceptors (Lipinski definition) is 1. The van der Waals surface area contributed by atoms with Gasteiger partial charge in [0.15, 0.2) is 0 Å². The van der Waals surface area contributed by atoms with Gasteiger partial charge in [0, 0.05) is 5.69 Å². The van der Waals surface area contributed by atoms with Gasteiger partial charge in [-0.2, -0.15) is 0 Å². The second-order valence-corrected chi connectivity index (χ2v) is 3.98. The van der Waals surface area contributed by atoms with Crippen molar-refractivity contribution in [3.63, 3.8) is 0 Å². The van der Waals surface area contributed by atoms with E-state index in [1.54, 1.807) is 0 Å². The van der Waals surface area contributed by atoms with Crippen LogP contribution in [0.3, 0.4) is 0 Å². The second kappa shape index (κ2) is 4.23. The van der Waals surface area contributed by atoms with Gasteiger partial charge < -0.3 is 5.73 Å². The quantitative estimate of drug-likeness (QED) is 0.744. The Morgan fingerprint density at radius 2 is 1.69 bits per heavy atom. The Morgan fingerprint density at radius 3 is 2.31 bits per heavy atom. The molecule has 2 aromatic rings. The highest BCUT2D eigenvalue weighted by Gasteiger charge is 1.99. The average Bonchev–Trinajstić information content (AvgIpc) is 2.30. The van der Waals surface area contributed by atoms with E-state index in [1.165, 1.54) is 16.7 Å². The Balaban J connectivity index is 2.44. The molecule has 0 fully saturated rings. The zero-order valence-corrected chi connectivity index (χ0v) is 9.40. The molecule has 2 N–H and O–H groups in total. The summed E-state index contributed by atoms with van der Waals surface area (Å²) in [6.07, 6.45) is 0. The molecular formula is C15H15N. The smallest absolute Gasteiger partial charge is 0.0314 e. The van der Waals surface area contributed by atoms with E-state index >= 15 is 0 Å². The minimum absolute atomic E-state index is 0.791. The summed E-state index contributed by atoms with van der Waals surface area (Å²) in [6.45, 7) is 5.97. The van der Waals surface area contributed by atoms with Gasteiger partial charge in [0.05, 0.1) is 0 Å². The molecule has 2 rings (SSSR count).